The van der Waals surface area contributed by atoms with E-state index >= 15 is 0 Å². The maximum absolute atomic E-state index is 12.0. The van der Waals surface area contributed by atoms with E-state index in [1.54, 1.807) is 0 Å². The molecule has 6 nitrogen and oxygen atoms in total. The van der Waals surface area contributed by atoms with E-state index in [1.807, 2.05) is 0 Å². The Bertz CT molecular complexity index is 571. The second kappa shape index (κ2) is 8.92. The minimum atomic E-state index is -4.79. The number of hydrogen-bond donors (Lipinski definition) is 1. The van der Waals surface area contributed by atoms with Crippen LogP contribution in [0.5, 0.6) is 5.75 Å². The lowest BCUT2D eigenvalue weighted by Gasteiger charge is -2.12. The van der Waals surface area contributed by atoms with Crippen LogP contribution in [0.25, 0.3) is 0 Å². The zero-order valence-corrected chi connectivity index (χ0v) is 12.8. The van der Waals surface area contributed by atoms with E-state index in [0.29, 0.717) is 0 Å². The third kappa shape index (κ3) is 7.63. The Kier molecular flexibility index (Phi) is 7.25. The third-order valence-electron chi connectivity index (χ3n) is 2.51. The topological polar surface area (TPSA) is 73.9 Å². The molecule has 1 aromatic carbocycles. The van der Waals surface area contributed by atoms with Crippen LogP contribution in [0.1, 0.15) is 6.92 Å². The van der Waals surface area contributed by atoms with Crippen LogP contribution in [0.3, 0.4) is 0 Å². The first-order chi connectivity index (χ1) is 11.2. The molecule has 0 aliphatic carbocycles. The zero-order chi connectivity index (χ0) is 18.2. The summed E-state index contributed by atoms with van der Waals surface area (Å²) < 4.78 is 49.5. The standard InChI is InChI=1S/C15H16F3NO5/c1-3-8-22-10(2)14(21)23-9-13(20)19-11-4-6-12(7-5-11)24-15(16,17)18/h3-7,10H,1,8-9H2,2H3,(H,19,20). The molecule has 0 aliphatic heterocycles. The number of amides is 1. The van der Waals surface area contributed by atoms with Crippen LogP contribution < -0.4 is 10.1 Å². The van der Waals surface area contributed by atoms with Gasteiger partial charge < -0.3 is 19.5 Å². The van der Waals surface area contributed by atoms with Gasteiger partial charge in [-0.15, -0.1) is 19.8 Å². The highest BCUT2D eigenvalue weighted by Gasteiger charge is 2.30. The third-order valence-corrected chi connectivity index (χ3v) is 2.51. The normalized spacial score (nSPS) is 12.2. The molecule has 0 aliphatic rings. The minimum Gasteiger partial charge on any atom is -0.454 e. The van der Waals surface area contributed by atoms with Crippen molar-refractivity contribution in [2.75, 3.05) is 18.5 Å². The Morgan fingerprint density at radius 1 is 1.29 bits per heavy atom. The van der Waals surface area contributed by atoms with E-state index in [4.69, 9.17) is 9.47 Å². The summed E-state index contributed by atoms with van der Waals surface area (Å²) in [5, 5.41) is 2.36. The molecule has 1 atom stereocenters. The molecule has 0 saturated heterocycles. The number of anilines is 1. The van der Waals surface area contributed by atoms with E-state index in [-0.39, 0.29) is 12.3 Å². The predicted molar refractivity (Wildman–Crippen MR) is 78.3 cm³/mol. The van der Waals surface area contributed by atoms with Crippen molar-refractivity contribution in [1.82, 2.24) is 0 Å². The second-order valence-electron chi connectivity index (χ2n) is 4.49. The van der Waals surface area contributed by atoms with Crippen LogP contribution in [0.4, 0.5) is 18.9 Å². The first-order valence-corrected chi connectivity index (χ1v) is 6.76. The molecule has 1 N–H and O–H groups in total. The van der Waals surface area contributed by atoms with Crippen LogP contribution in [0.2, 0.25) is 0 Å². The summed E-state index contributed by atoms with van der Waals surface area (Å²) in [5.41, 5.74) is 0.224. The highest BCUT2D eigenvalue weighted by Crippen LogP contribution is 2.23. The van der Waals surface area contributed by atoms with Gasteiger partial charge in [-0.3, -0.25) is 4.79 Å². The first kappa shape index (κ1) is 19.5. The molecule has 1 unspecified atom stereocenters. The van der Waals surface area contributed by atoms with Crippen LogP contribution in [-0.2, 0) is 19.1 Å². The summed E-state index contributed by atoms with van der Waals surface area (Å²) in [7, 11) is 0. The Morgan fingerprint density at radius 2 is 1.92 bits per heavy atom. The zero-order valence-electron chi connectivity index (χ0n) is 12.8. The lowest BCUT2D eigenvalue weighted by atomic mass is 10.3. The van der Waals surface area contributed by atoms with E-state index in [2.05, 4.69) is 16.6 Å². The number of carbonyl (C=O) groups excluding carboxylic acids is 2. The average molecular weight is 347 g/mol. The molecule has 1 rings (SSSR count). The van der Waals surface area contributed by atoms with Gasteiger partial charge >= 0.3 is 12.3 Å². The number of esters is 1. The summed E-state index contributed by atoms with van der Waals surface area (Å²) >= 11 is 0. The summed E-state index contributed by atoms with van der Waals surface area (Å²) in [5.74, 6) is -1.79. The van der Waals surface area contributed by atoms with Crippen molar-refractivity contribution >= 4 is 17.6 Å². The molecule has 1 aromatic rings. The van der Waals surface area contributed by atoms with Crippen LogP contribution >= 0.6 is 0 Å². The molecule has 0 spiro atoms. The Hall–Kier alpha value is -2.55. The van der Waals surface area contributed by atoms with E-state index in [9.17, 15) is 22.8 Å². The highest BCUT2D eigenvalue weighted by molar-refractivity contribution is 5.93. The predicted octanol–water partition coefficient (Wildman–Crippen LogP) is 2.66. The number of nitrogens with one attached hydrogen (secondary N) is 1. The maximum atomic E-state index is 12.0. The van der Waals surface area contributed by atoms with Crippen molar-refractivity contribution in [3.63, 3.8) is 0 Å². The van der Waals surface area contributed by atoms with Gasteiger partial charge in [0.1, 0.15) is 5.75 Å². The Balaban J connectivity index is 2.42. The number of halogens is 3. The SMILES string of the molecule is C=CCOC(C)C(=O)OCC(=O)Nc1ccc(OC(F)(F)F)cc1. The van der Waals surface area contributed by atoms with Crippen molar-refractivity contribution in [3.8, 4) is 5.75 Å². The molecule has 0 radical (unpaired) electrons. The Labute approximate surface area is 136 Å². The molecular weight excluding hydrogens is 331 g/mol. The van der Waals surface area contributed by atoms with E-state index < -0.39 is 36.7 Å². The number of hydrogen-bond acceptors (Lipinski definition) is 5. The molecule has 0 aromatic heterocycles. The maximum Gasteiger partial charge on any atom is 0.573 e. The quantitative estimate of drug-likeness (QED) is 0.578. The van der Waals surface area contributed by atoms with Gasteiger partial charge in [0.15, 0.2) is 12.7 Å². The second-order valence-corrected chi connectivity index (χ2v) is 4.49. The van der Waals surface area contributed by atoms with Gasteiger partial charge in [-0.25, -0.2) is 4.79 Å². The van der Waals surface area contributed by atoms with Gasteiger partial charge in [-0.2, -0.15) is 0 Å². The number of ether oxygens (including phenoxy) is 3. The summed E-state index contributed by atoms with van der Waals surface area (Å²) in [6, 6.07) is 4.52. The fraction of sp³-hybridized carbons (Fsp3) is 0.333. The monoisotopic (exact) mass is 347 g/mol. The fourth-order valence-corrected chi connectivity index (χ4v) is 1.47. The van der Waals surface area contributed by atoms with Gasteiger partial charge in [-0.05, 0) is 31.2 Å². The van der Waals surface area contributed by atoms with Gasteiger partial charge in [-0.1, -0.05) is 6.08 Å². The molecule has 24 heavy (non-hydrogen) atoms. The van der Waals surface area contributed by atoms with E-state index in [0.717, 1.165) is 12.1 Å². The van der Waals surface area contributed by atoms with Gasteiger partial charge in [0.25, 0.3) is 5.91 Å². The first-order valence-electron chi connectivity index (χ1n) is 6.76. The van der Waals surface area contributed by atoms with Crippen LogP contribution in [0, 0.1) is 0 Å². The summed E-state index contributed by atoms with van der Waals surface area (Å²) in [4.78, 5) is 23.1. The summed E-state index contributed by atoms with van der Waals surface area (Å²) in [6.07, 6.45) is -4.18. The van der Waals surface area contributed by atoms with Crippen molar-refractivity contribution < 1.29 is 37.0 Å². The van der Waals surface area contributed by atoms with Crippen molar-refractivity contribution in [2.45, 2.75) is 19.4 Å². The lowest BCUT2D eigenvalue weighted by molar-refractivity contribution is -0.274. The van der Waals surface area contributed by atoms with E-state index in [1.165, 1.54) is 25.1 Å². The highest BCUT2D eigenvalue weighted by atomic mass is 19.4. The number of alkyl halides is 3. The number of rotatable bonds is 8. The minimum absolute atomic E-state index is 0.162. The average Bonchev–Trinajstić information content (AvgIpc) is 2.50. The fourth-order valence-electron chi connectivity index (χ4n) is 1.47. The molecule has 132 valence electrons. The smallest absolute Gasteiger partial charge is 0.454 e. The molecule has 0 heterocycles. The van der Waals surface area contributed by atoms with Gasteiger partial charge in [0.2, 0.25) is 0 Å². The molecular formula is C15H16F3NO5. The summed E-state index contributed by atoms with van der Waals surface area (Å²) in [6.45, 7) is 4.50. The number of carbonyl (C=O) groups is 2. The molecule has 1 amide bonds. The molecule has 9 heteroatoms. The van der Waals surface area contributed by atoms with Gasteiger partial charge in [0.05, 0.1) is 6.61 Å². The molecule has 0 fully saturated rings. The number of benzene rings is 1. The molecule has 0 bridgehead atoms. The van der Waals surface area contributed by atoms with Crippen molar-refractivity contribution in [3.05, 3.63) is 36.9 Å². The van der Waals surface area contributed by atoms with Crippen LogP contribution in [-0.4, -0.2) is 37.6 Å². The lowest BCUT2D eigenvalue weighted by Crippen LogP contribution is -2.28. The van der Waals surface area contributed by atoms with Crippen LogP contribution in [0.15, 0.2) is 36.9 Å². The van der Waals surface area contributed by atoms with Gasteiger partial charge in [0, 0.05) is 5.69 Å². The largest absolute Gasteiger partial charge is 0.573 e. The van der Waals surface area contributed by atoms with Crippen molar-refractivity contribution in [2.24, 2.45) is 0 Å². The Morgan fingerprint density at radius 3 is 2.46 bits per heavy atom. The van der Waals surface area contributed by atoms with Crippen molar-refractivity contribution in [1.29, 1.82) is 0 Å². The molecule has 0 saturated carbocycles.